The zero-order valence-corrected chi connectivity index (χ0v) is 15.0. The van der Waals surface area contributed by atoms with Gasteiger partial charge < -0.3 is 19.3 Å². The van der Waals surface area contributed by atoms with E-state index in [1.165, 1.54) is 11.1 Å². The monoisotopic (exact) mass is 353 g/mol. The molecule has 0 amide bonds. The molecule has 132 valence electrons. The van der Waals surface area contributed by atoms with E-state index in [1.54, 1.807) is 21.3 Å². The van der Waals surface area contributed by atoms with Gasteiger partial charge in [-0.25, -0.2) is 0 Å². The van der Waals surface area contributed by atoms with E-state index in [9.17, 15) is 5.11 Å². The van der Waals surface area contributed by atoms with Crippen molar-refractivity contribution in [3.63, 3.8) is 0 Å². The predicted octanol–water partition coefficient (Wildman–Crippen LogP) is 2.11. The summed E-state index contributed by atoms with van der Waals surface area (Å²) in [5.41, 5.74) is 3.76. The third-order valence-electron chi connectivity index (χ3n) is 5.53. The highest BCUT2D eigenvalue weighted by molar-refractivity contribution is 5.85. The number of hydrogen-bond donors (Lipinski definition) is 1. The third-order valence-corrected chi connectivity index (χ3v) is 5.53. The van der Waals surface area contributed by atoms with E-state index in [-0.39, 0.29) is 30.5 Å². The van der Waals surface area contributed by atoms with Crippen LogP contribution in [0, 0.1) is 0 Å². The van der Waals surface area contributed by atoms with Crippen molar-refractivity contribution < 1.29 is 19.3 Å². The zero-order chi connectivity index (χ0) is 16.1. The van der Waals surface area contributed by atoms with Crippen LogP contribution in [0.25, 0.3) is 0 Å². The highest BCUT2D eigenvalue weighted by Crippen LogP contribution is 2.49. The fourth-order valence-electron chi connectivity index (χ4n) is 4.48. The van der Waals surface area contributed by atoms with Gasteiger partial charge in [0.15, 0.2) is 11.5 Å². The van der Waals surface area contributed by atoms with Gasteiger partial charge in [0, 0.05) is 32.2 Å². The van der Waals surface area contributed by atoms with Gasteiger partial charge >= 0.3 is 0 Å². The predicted molar refractivity (Wildman–Crippen MR) is 93.2 cm³/mol. The lowest BCUT2D eigenvalue weighted by Gasteiger charge is -2.45. The van der Waals surface area contributed by atoms with Gasteiger partial charge in [-0.1, -0.05) is 11.6 Å². The molecular weight excluding hydrogens is 330 g/mol. The number of aliphatic hydroxyl groups excluding tert-OH is 1. The Hall–Kier alpha value is -1.27. The summed E-state index contributed by atoms with van der Waals surface area (Å²) in [7, 11) is 4.97. The van der Waals surface area contributed by atoms with Crippen molar-refractivity contribution >= 4 is 12.4 Å². The second-order valence-electron chi connectivity index (χ2n) is 6.53. The Labute approximate surface area is 148 Å². The fourth-order valence-corrected chi connectivity index (χ4v) is 4.48. The minimum atomic E-state index is -0.550. The second-order valence-corrected chi connectivity index (χ2v) is 6.53. The summed E-state index contributed by atoms with van der Waals surface area (Å²) in [5, 5.41) is 10.9. The van der Waals surface area contributed by atoms with E-state index in [1.807, 2.05) is 6.07 Å². The molecule has 0 saturated carbocycles. The Bertz CT molecular complexity index is 663. The lowest BCUT2D eigenvalue weighted by atomic mass is 9.73. The highest BCUT2D eigenvalue weighted by Gasteiger charge is 2.49. The van der Waals surface area contributed by atoms with Crippen molar-refractivity contribution in [2.45, 2.75) is 37.1 Å². The quantitative estimate of drug-likeness (QED) is 0.843. The third kappa shape index (κ3) is 2.42. The van der Waals surface area contributed by atoms with E-state index in [0.717, 1.165) is 36.6 Å². The zero-order valence-electron chi connectivity index (χ0n) is 14.2. The molecule has 4 unspecified atom stereocenters. The smallest absolute Gasteiger partial charge is 0.161 e. The number of hydrogen-bond acceptors (Lipinski definition) is 5. The van der Waals surface area contributed by atoms with Gasteiger partial charge in [-0.2, -0.15) is 0 Å². The first-order valence-corrected chi connectivity index (χ1v) is 8.08. The first kappa shape index (κ1) is 17.5. The van der Waals surface area contributed by atoms with Crippen LogP contribution in [0.15, 0.2) is 23.8 Å². The molecule has 3 aliphatic rings. The first-order valence-electron chi connectivity index (χ1n) is 8.08. The number of fused-ring (bicyclic) bond motifs is 2. The van der Waals surface area contributed by atoms with Gasteiger partial charge in [0.05, 0.1) is 20.3 Å². The van der Waals surface area contributed by atoms with Crippen LogP contribution in [0.3, 0.4) is 0 Å². The maximum Gasteiger partial charge on any atom is 0.161 e. The summed E-state index contributed by atoms with van der Waals surface area (Å²) in [6.45, 7) is 1.92. The average molecular weight is 354 g/mol. The Balaban J connectivity index is 0.00000169. The number of halogens is 1. The van der Waals surface area contributed by atoms with Crippen molar-refractivity contribution in [3.8, 4) is 11.5 Å². The first-order chi connectivity index (χ1) is 11.2. The van der Waals surface area contributed by atoms with Crippen molar-refractivity contribution in [1.29, 1.82) is 0 Å². The molecule has 1 saturated heterocycles. The minimum Gasteiger partial charge on any atom is -0.493 e. The van der Waals surface area contributed by atoms with Gasteiger partial charge in [0.25, 0.3) is 0 Å². The van der Waals surface area contributed by atoms with Crippen LogP contribution in [0.2, 0.25) is 0 Å². The number of methoxy groups -OCH3 is 3. The van der Waals surface area contributed by atoms with E-state index in [2.05, 4.69) is 17.0 Å². The highest BCUT2D eigenvalue weighted by atomic mass is 35.5. The number of rotatable bonds is 3. The molecule has 4 rings (SSSR count). The van der Waals surface area contributed by atoms with Crippen molar-refractivity contribution in [2.24, 2.45) is 0 Å². The van der Waals surface area contributed by atoms with Crippen LogP contribution in [0.4, 0.5) is 0 Å². The van der Waals surface area contributed by atoms with Gasteiger partial charge in [-0.3, -0.25) is 4.90 Å². The minimum absolute atomic E-state index is 0. The van der Waals surface area contributed by atoms with Crippen LogP contribution in [0.1, 0.15) is 23.5 Å². The SMILES string of the molecule is COc1cc2c(cc1OC)C1C(O)C(OC)C=C3CCN(C2)C31.Cl. The maximum atomic E-state index is 10.9. The molecule has 24 heavy (non-hydrogen) atoms. The Morgan fingerprint density at radius 1 is 1.12 bits per heavy atom. The molecule has 5 nitrogen and oxygen atoms in total. The van der Waals surface area contributed by atoms with Gasteiger partial charge in [-0.05, 0) is 29.7 Å². The van der Waals surface area contributed by atoms with Crippen molar-refractivity contribution in [1.82, 2.24) is 4.90 Å². The Morgan fingerprint density at radius 3 is 2.50 bits per heavy atom. The summed E-state index contributed by atoms with van der Waals surface area (Å²) < 4.78 is 16.4. The molecule has 2 aliphatic heterocycles. The van der Waals surface area contributed by atoms with E-state index >= 15 is 0 Å². The number of nitrogens with zero attached hydrogens (tertiary/aromatic N) is 1. The molecule has 6 heteroatoms. The van der Waals surface area contributed by atoms with Crippen LogP contribution < -0.4 is 9.47 Å². The van der Waals surface area contributed by atoms with E-state index in [0.29, 0.717) is 0 Å². The lowest BCUT2D eigenvalue weighted by molar-refractivity contribution is -0.0231. The maximum absolute atomic E-state index is 10.9. The van der Waals surface area contributed by atoms with Gasteiger partial charge in [-0.15, -0.1) is 12.4 Å². The summed E-state index contributed by atoms with van der Waals surface area (Å²) in [6, 6.07) is 4.37. The topological polar surface area (TPSA) is 51.2 Å². The summed E-state index contributed by atoms with van der Waals surface area (Å²) in [4.78, 5) is 2.46. The molecule has 0 spiro atoms. The largest absolute Gasteiger partial charge is 0.493 e. The Morgan fingerprint density at radius 2 is 1.83 bits per heavy atom. The van der Waals surface area contributed by atoms with Crippen molar-refractivity contribution in [2.75, 3.05) is 27.9 Å². The van der Waals surface area contributed by atoms with E-state index in [4.69, 9.17) is 14.2 Å². The summed E-state index contributed by atoms with van der Waals surface area (Å²) >= 11 is 0. The molecule has 4 atom stereocenters. The fraction of sp³-hybridized carbons (Fsp3) is 0.556. The Kier molecular flexibility index (Phi) is 4.80. The van der Waals surface area contributed by atoms with Crippen molar-refractivity contribution in [3.05, 3.63) is 34.9 Å². The molecule has 0 radical (unpaired) electrons. The standard InChI is InChI=1S/C18H23NO4.ClH/c1-21-13-7-11-9-19-5-4-10-6-15(23-3)18(20)16(17(10)19)12(11)8-14(13)22-2;/h6-8,15-18,20H,4-5,9H2,1-3H3;1H. The number of benzene rings is 1. The molecule has 1 N–H and O–H groups in total. The molecular formula is C18H24ClNO4. The van der Waals surface area contributed by atoms with Gasteiger partial charge in [0.1, 0.15) is 6.10 Å². The number of ether oxygens (including phenoxy) is 3. The van der Waals surface area contributed by atoms with Crippen LogP contribution in [-0.4, -0.2) is 56.1 Å². The molecule has 1 aliphatic carbocycles. The molecule has 0 aromatic heterocycles. The normalized spacial score (nSPS) is 30.8. The van der Waals surface area contributed by atoms with Gasteiger partial charge in [0.2, 0.25) is 0 Å². The average Bonchev–Trinajstić information content (AvgIpc) is 2.98. The van der Waals surface area contributed by atoms with Crippen LogP contribution in [-0.2, 0) is 11.3 Å². The summed E-state index contributed by atoms with van der Waals surface area (Å²) in [6.07, 6.45) is 2.38. The summed E-state index contributed by atoms with van der Waals surface area (Å²) in [5.74, 6) is 1.48. The van der Waals surface area contributed by atoms with Crippen LogP contribution in [0.5, 0.6) is 11.5 Å². The second kappa shape index (κ2) is 6.56. The lowest BCUT2D eigenvalue weighted by Crippen LogP contribution is -2.50. The molecule has 0 bridgehead atoms. The molecule has 2 heterocycles. The molecule has 1 aromatic carbocycles. The number of aliphatic hydroxyl groups is 1. The molecule has 1 aromatic rings. The van der Waals surface area contributed by atoms with E-state index < -0.39 is 6.10 Å². The van der Waals surface area contributed by atoms with Crippen LogP contribution >= 0.6 is 12.4 Å². The molecule has 1 fully saturated rings.